The van der Waals surface area contributed by atoms with E-state index in [4.69, 9.17) is 4.74 Å². The Morgan fingerprint density at radius 1 is 1.12 bits per heavy atom. The first-order valence-corrected chi connectivity index (χ1v) is 8.06. The molecule has 0 spiro atoms. The van der Waals surface area contributed by atoms with Gasteiger partial charge in [-0.2, -0.15) is 0 Å². The number of hydrogen-bond acceptors (Lipinski definition) is 3. The summed E-state index contributed by atoms with van der Waals surface area (Å²) in [7, 11) is 1.62. The van der Waals surface area contributed by atoms with E-state index in [2.05, 4.69) is 5.32 Å². The third kappa shape index (κ3) is 3.88. The van der Waals surface area contributed by atoms with E-state index in [1.807, 2.05) is 49.4 Å². The van der Waals surface area contributed by atoms with E-state index in [0.717, 1.165) is 22.4 Å². The number of carbonyl (C=O) groups excluding carboxylic acids is 1. The van der Waals surface area contributed by atoms with Crippen molar-refractivity contribution in [1.82, 2.24) is 9.88 Å². The molecule has 25 heavy (non-hydrogen) atoms. The van der Waals surface area contributed by atoms with Crippen molar-refractivity contribution in [3.63, 3.8) is 0 Å². The van der Waals surface area contributed by atoms with Gasteiger partial charge in [0.05, 0.1) is 12.6 Å². The molecule has 0 saturated heterocycles. The Balaban J connectivity index is 1.71. The fourth-order valence-electron chi connectivity index (χ4n) is 2.72. The van der Waals surface area contributed by atoms with Gasteiger partial charge in [-0.05, 0) is 36.8 Å². The molecular weight excluding hydrogens is 316 g/mol. The predicted molar refractivity (Wildman–Crippen MR) is 97.8 cm³/mol. The summed E-state index contributed by atoms with van der Waals surface area (Å²) < 4.78 is 6.91. The van der Waals surface area contributed by atoms with Gasteiger partial charge in [0.2, 0.25) is 5.91 Å². The maximum Gasteiger partial charge on any atom is 0.240 e. The lowest BCUT2D eigenvalue weighted by atomic mass is 10.1. The number of aryl methyl sites for hydroxylation is 1. The monoisotopic (exact) mass is 336 g/mol. The summed E-state index contributed by atoms with van der Waals surface area (Å²) in [5, 5.41) is 3.53. The van der Waals surface area contributed by atoms with Crippen molar-refractivity contribution < 1.29 is 9.53 Å². The summed E-state index contributed by atoms with van der Waals surface area (Å²) in [6.45, 7) is 2.55. The molecule has 1 N–H and O–H groups in total. The number of methoxy groups -OCH3 is 1. The van der Waals surface area contributed by atoms with Crippen LogP contribution in [0.15, 0.2) is 59.5 Å². The molecule has 1 heterocycles. The topological polar surface area (TPSA) is 60.3 Å². The van der Waals surface area contributed by atoms with Crippen molar-refractivity contribution in [1.29, 1.82) is 0 Å². The van der Waals surface area contributed by atoms with Gasteiger partial charge in [0, 0.05) is 24.2 Å². The number of nitrogens with one attached hydrogen (secondary N) is 1. The molecule has 0 saturated carbocycles. The lowest BCUT2D eigenvalue weighted by molar-refractivity contribution is -0.121. The van der Waals surface area contributed by atoms with Crippen LogP contribution in [0.1, 0.15) is 11.1 Å². The maximum absolute atomic E-state index is 12.3. The lowest BCUT2D eigenvalue weighted by Gasteiger charge is -2.12. The number of hydrogen-bond donors (Lipinski definition) is 1. The van der Waals surface area contributed by atoms with E-state index in [-0.39, 0.29) is 17.9 Å². The fourth-order valence-corrected chi connectivity index (χ4v) is 2.72. The molecule has 1 amide bonds. The second-order valence-electron chi connectivity index (χ2n) is 5.95. The van der Waals surface area contributed by atoms with E-state index in [9.17, 15) is 9.59 Å². The Bertz CT molecular complexity index is 959. The third-order valence-electron chi connectivity index (χ3n) is 4.10. The first-order chi connectivity index (χ1) is 12.1. The largest absolute Gasteiger partial charge is 0.497 e. The summed E-state index contributed by atoms with van der Waals surface area (Å²) >= 11 is 0. The maximum atomic E-state index is 12.3. The average molecular weight is 336 g/mol. The van der Waals surface area contributed by atoms with Gasteiger partial charge in [-0.3, -0.25) is 9.59 Å². The number of carbonyl (C=O) groups is 1. The van der Waals surface area contributed by atoms with Crippen molar-refractivity contribution >= 4 is 16.8 Å². The Hall–Kier alpha value is -3.08. The van der Waals surface area contributed by atoms with Crippen molar-refractivity contribution in [2.24, 2.45) is 0 Å². The molecule has 5 nitrogen and oxygen atoms in total. The molecule has 3 aromatic rings. The molecule has 0 aliphatic carbocycles. The first kappa shape index (κ1) is 16.8. The lowest BCUT2D eigenvalue weighted by Crippen LogP contribution is -2.27. The average Bonchev–Trinajstić information content (AvgIpc) is 2.63. The van der Waals surface area contributed by atoms with Gasteiger partial charge in [0.15, 0.2) is 5.43 Å². The highest BCUT2D eigenvalue weighted by atomic mass is 16.5. The molecule has 3 rings (SSSR count). The molecule has 0 fully saturated rings. The van der Waals surface area contributed by atoms with Crippen LogP contribution in [0.5, 0.6) is 5.75 Å². The summed E-state index contributed by atoms with van der Waals surface area (Å²) in [5.41, 5.74) is 2.74. The minimum atomic E-state index is -0.110. The molecule has 0 aliphatic rings. The van der Waals surface area contributed by atoms with Gasteiger partial charge in [-0.1, -0.05) is 23.8 Å². The van der Waals surface area contributed by atoms with Crippen LogP contribution in [0, 0.1) is 6.92 Å². The van der Waals surface area contributed by atoms with Gasteiger partial charge in [0.25, 0.3) is 0 Å². The number of nitrogens with zero attached hydrogens (tertiary/aromatic N) is 1. The van der Waals surface area contributed by atoms with E-state index < -0.39 is 0 Å². The van der Waals surface area contributed by atoms with E-state index in [1.54, 1.807) is 17.9 Å². The predicted octanol–water partition coefficient (Wildman–Crippen LogP) is 2.63. The molecule has 0 radical (unpaired) electrons. The van der Waals surface area contributed by atoms with E-state index in [1.165, 1.54) is 6.07 Å². The zero-order valence-electron chi connectivity index (χ0n) is 14.3. The molecule has 0 bridgehead atoms. The van der Waals surface area contributed by atoms with Gasteiger partial charge in [-0.25, -0.2) is 0 Å². The van der Waals surface area contributed by atoms with Crippen molar-refractivity contribution in [3.05, 3.63) is 76.1 Å². The molecule has 1 aromatic heterocycles. The number of rotatable bonds is 5. The fraction of sp³-hybridized carbons (Fsp3) is 0.200. The van der Waals surface area contributed by atoms with Crippen LogP contribution in [-0.4, -0.2) is 17.6 Å². The number of amides is 1. The summed E-state index contributed by atoms with van der Waals surface area (Å²) in [5.74, 6) is 0.673. The zero-order valence-corrected chi connectivity index (χ0v) is 14.3. The highest BCUT2D eigenvalue weighted by Gasteiger charge is 2.07. The van der Waals surface area contributed by atoms with Gasteiger partial charge < -0.3 is 14.6 Å². The minimum absolute atomic E-state index is 0.0337. The summed E-state index contributed by atoms with van der Waals surface area (Å²) in [6, 6.07) is 14.7. The molecule has 0 atom stereocenters. The minimum Gasteiger partial charge on any atom is -0.497 e. The standard InChI is InChI=1S/C20H20N2O3/c1-14-3-8-18-17(11-14)19(23)9-10-22(18)13-20(24)21-12-15-4-6-16(25-2)7-5-15/h3-11H,12-13H2,1-2H3,(H,21,24). The number of ether oxygens (including phenoxy) is 1. The number of benzene rings is 2. The quantitative estimate of drug-likeness (QED) is 0.779. The van der Waals surface area contributed by atoms with Crippen LogP contribution in [0.4, 0.5) is 0 Å². The molecule has 0 unspecified atom stereocenters. The molecule has 0 aliphatic heterocycles. The van der Waals surface area contributed by atoms with Gasteiger partial charge >= 0.3 is 0 Å². The SMILES string of the molecule is COc1ccc(CNC(=O)Cn2ccc(=O)c3cc(C)ccc32)cc1. The Morgan fingerprint density at radius 3 is 2.60 bits per heavy atom. The van der Waals surface area contributed by atoms with E-state index >= 15 is 0 Å². The smallest absolute Gasteiger partial charge is 0.240 e. The Morgan fingerprint density at radius 2 is 1.88 bits per heavy atom. The van der Waals surface area contributed by atoms with Crippen LogP contribution < -0.4 is 15.5 Å². The highest BCUT2D eigenvalue weighted by molar-refractivity contribution is 5.82. The Kier molecular flexibility index (Phi) is 4.84. The van der Waals surface area contributed by atoms with Crippen molar-refractivity contribution in [2.75, 3.05) is 7.11 Å². The molecule has 5 heteroatoms. The van der Waals surface area contributed by atoms with E-state index in [0.29, 0.717) is 11.9 Å². The number of fused-ring (bicyclic) bond motifs is 1. The Labute approximate surface area is 145 Å². The normalized spacial score (nSPS) is 10.6. The number of aromatic nitrogens is 1. The van der Waals surface area contributed by atoms with Crippen LogP contribution in [0.3, 0.4) is 0 Å². The second kappa shape index (κ2) is 7.21. The molecule has 128 valence electrons. The first-order valence-electron chi connectivity index (χ1n) is 8.06. The second-order valence-corrected chi connectivity index (χ2v) is 5.95. The third-order valence-corrected chi connectivity index (χ3v) is 4.10. The molecular formula is C20H20N2O3. The van der Waals surface area contributed by atoms with Gasteiger partial charge in [0.1, 0.15) is 12.3 Å². The summed E-state index contributed by atoms with van der Waals surface area (Å²) in [4.78, 5) is 24.3. The highest BCUT2D eigenvalue weighted by Crippen LogP contribution is 2.13. The van der Waals surface area contributed by atoms with Crippen LogP contribution >= 0.6 is 0 Å². The number of pyridine rings is 1. The van der Waals surface area contributed by atoms with Crippen molar-refractivity contribution in [3.8, 4) is 5.75 Å². The summed E-state index contributed by atoms with van der Waals surface area (Å²) in [6.07, 6.45) is 1.66. The molecule has 2 aromatic carbocycles. The van der Waals surface area contributed by atoms with Crippen LogP contribution in [-0.2, 0) is 17.9 Å². The van der Waals surface area contributed by atoms with Gasteiger partial charge in [-0.15, -0.1) is 0 Å². The van der Waals surface area contributed by atoms with Crippen LogP contribution in [0.2, 0.25) is 0 Å². The van der Waals surface area contributed by atoms with Crippen molar-refractivity contribution in [2.45, 2.75) is 20.0 Å². The van der Waals surface area contributed by atoms with Crippen LogP contribution in [0.25, 0.3) is 10.9 Å². The zero-order chi connectivity index (χ0) is 17.8.